The van der Waals surface area contributed by atoms with Gasteiger partial charge in [0.1, 0.15) is 0 Å². The molecule has 0 heterocycles. The molecule has 3 radical (unpaired) electrons. The van der Waals surface area contributed by atoms with E-state index in [1.54, 1.807) is 0 Å². The van der Waals surface area contributed by atoms with E-state index in [-0.39, 0.29) is 90.0 Å². The number of rotatable bonds is 0. The number of hydrogen-bond donors (Lipinski definition) is 0. The average Bonchev–Trinajstić information content (AvgIpc) is 0. The van der Waals surface area contributed by atoms with Crippen LogP contribution in [0.5, 0.6) is 0 Å². The van der Waals surface area contributed by atoms with Gasteiger partial charge in [0, 0.05) is 90.0 Å². The first kappa shape index (κ1) is 46.1. The second kappa shape index (κ2) is 29.2. The maximum absolute atomic E-state index is 0. The molecule has 0 aliphatic rings. The first-order valence-electron chi connectivity index (χ1n) is 0. The van der Waals surface area contributed by atoms with E-state index in [1.807, 2.05) is 0 Å². The van der Waals surface area contributed by atoms with Crippen molar-refractivity contribution in [1.82, 2.24) is 0 Å². The molecule has 0 aliphatic heterocycles. The van der Waals surface area contributed by atoms with Crippen LogP contribution < -0.4 is 0 Å². The van der Waals surface area contributed by atoms with Crippen molar-refractivity contribution in [3.05, 3.63) is 0 Å². The predicted molar refractivity (Wildman–Crippen MR) is 0 cm³/mol. The van der Waals surface area contributed by atoms with Crippen molar-refractivity contribution < 1.29 is 90.0 Å². The second-order valence-corrected chi connectivity index (χ2v) is 0. The molecule has 0 fully saturated rings. The Morgan fingerprint density at radius 2 is 1.00 bits per heavy atom. The van der Waals surface area contributed by atoms with Crippen molar-refractivity contribution in [1.29, 1.82) is 0 Å². The van der Waals surface area contributed by atoms with Crippen molar-refractivity contribution >= 4 is 0 Å². The largest absolute Gasteiger partial charge is 0 e. The van der Waals surface area contributed by atoms with Crippen molar-refractivity contribution in [3.63, 3.8) is 0 Å². The molecule has 0 amide bonds. The van der Waals surface area contributed by atoms with Gasteiger partial charge in [-0.25, -0.2) is 0 Å². The molecule has 0 saturated carbocycles. The zero-order chi connectivity index (χ0) is 0. The van der Waals surface area contributed by atoms with E-state index in [0.29, 0.717) is 0 Å². The van der Waals surface area contributed by atoms with Crippen LogP contribution in [0, 0.1) is 0 Å². The summed E-state index contributed by atoms with van der Waals surface area (Å²) in [5, 5.41) is 0. The van der Waals surface area contributed by atoms with E-state index in [4.69, 9.17) is 0 Å². The molecule has 0 rings (SSSR count). The Kier molecular flexibility index (Phi) is 270. The summed E-state index contributed by atoms with van der Waals surface area (Å²) in [6.45, 7) is 0. The van der Waals surface area contributed by atoms with Crippen LogP contribution in [-0.4, -0.2) is 0 Å². The minimum Gasteiger partial charge on any atom is 0 e. The SMILES string of the molecule is [Co].[Mn].[Mo].[Ni].[V]. The first-order valence-corrected chi connectivity index (χ1v) is 0. The van der Waals surface area contributed by atoms with Gasteiger partial charge in [-0.15, -0.1) is 0 Å². The van der Waals surface area contributed by atoms with Crippen LogP contribution >= 0.6 is 0 Å². The topological polar surface area (TPSA) is 0 Å². The molecule has 0 atom stereocenters. The standard InChI is InChI=1S/Co.Mn.Mo.Ni.V. The molecule has 0 N–H and O–H groups in total. The third kappa shape index (κ3) is 20.0. The average molecular weight is 319 g/mol. The Hall–Kier alpha value is 2.79. The summed E-state index contributed by atoms with van der Waals surface area (Å²) < 4.78 is 0. The van der Waals surface area contributed by atoms with Crippen molar-refractivity contribution in [3.8, 4) is 0 Å². The third-order valence-corrected chi connectivity index (χ3v) is 0. The van der Waals surface area contributed by atoms with E-state index in [2.05, 4.69) is 0 Å². The fourth-order valence-corrected chi connectivity index (χ4v) is 0. The van der Waals surface area contributed by atoms with E-state index < -0.39 is 0 Å². The van der Waals surface area contributed by atoms with Gasteiger partial charge >= 0.3 is 0 Å². The van der Waals surface area contributed by atoms with Gasteiger partial charge in [0.2, 0.25) is 0 Å². The van der Waals surface area contributed by atoms with Crippen LogP contribution in [0.1, 0.15) is 0 Å². The molecule has 5 heteroatoms. The third-order valence-electron chi connectivity index (χ3n) is 0. The van der Waals surface area contributed by atoms with Gasteiger partial charge in [-0.3, -0.25) is 0 Å². The maximum atomic E-state index is 0. The molecule has 0 aromatic heterocycles. The van der Waals surface area contributed by atoms with Crippen LogP contribution in [0.4, 0.5) is 0 Å². The van der Waals surface area contributed by atoms with Crippen molar-refractivity contribution in [2.75, 3.05) is 0 Å². The molecule has 0 bridgehead atoms. The zero-order valence-corrected chi connectivity index (χ0v) is 8.50. The van der Waals surface area contributed by atoms with Gasteiger partial charge in [0.15, 0.2) is 0 Å². The Bertz CT molecular complexity index is 11.6. The Morgan fingerprint density at radius 1 is 1.00 bits per heavy atom. The maximum Gasteiger partial charge on any atom is 0 e. The summed E-state index contributed by atoms with van der Waals surface area (Å²) in [5.74, 6) is 0. The molecule has 0 aromatic carbocycles. The summed E-state index contributed by atoms with van der Waals surface area (Å²) in [6, 6.07) is 0. The minimum absolute atomic E-state index is 0. The molecule has 0 nitrogen and oxygen atoms in total. The van der Waals surface area contributed by atoms with Crippen molar-refractivity contribution in [2.24, 2.45) is 0 Å². The molecule has 0 saturated heterocycles. The Balaban J connectivity index is 0. The summed E-state index contributed by atoms with van der Waals surface area (Å²) in [7, 11) is 0. The van der Waals surface area contributed by atoms with E-state index >= 15 is 0 Å². The van der Waals surface area contributed by atoms with Crippen molar-refractivity contribution in [2.45, 2.75) is 0 Å². The molecule has 0 unspecified atom stereocenters. The molecule has 37 valence electrons. The van der Waals surface area contributed by atoms with Crippen LogP contribution in [0.2, 0.25) is 0 Å². The van der Waals surface area contributed by atoms with Gasteiger partial charge in [-0.05, 0) is 0 Å². The van der Waals surface area contributed by atoms with Gasteiger partial charge < -0.3 is 0 Å². The molecule has 0 aliphatic carbocycles. The Labute approximate surface area is 88.7 Å². The van der Waals surface area contributed by atoms with Crippen LogP contribution in [0.3, 0.4) is 0 Å². The van der Waals surface area contributed by atoms with E-state index in [0.717, 1.165) is 0 Å². The molecular formula is CoMnMoNiV. The molecule has 0 aromatic rings. The zero-order valence-electron chi connectivity index (χ0n) is 1.88. The first-order chi connectivity index (χ1) is 0. The predicted octanol–water partition coefficient (Wildman–Crippen LogP) is -0.0125. The smallest absolute Gasteiger partial charge is 0 e. The van der Waals surface area contributed by atoms with Gasteiger partial charge in [-0.1, -0.05) is 0 Å². The quantitative estimate of drug-likeness (QED) is 0.551. The second-order valence-electron chi connectivity index (χ2n) is 0. The molecule has 5 heavy (non-hydrogen) atoms. The van der Waals surface area contributed by atoms with Gasteiger partial charge in [0.25, 0.3) is 0 Å². The fourth-order valence-electron chi connectivity index (χ4n) is 0. The number of hydrogen-bond acceptors (Lipinski definition) is 0. The summed E-state index contributed by atoms with van der Waals surface area (Å²) in [4.78, 5) is 0. The monoisotopic (exact) mass is 321 g/mol. The van der Waals surface area contributed by atoms with Crippen LogP contribution in [-0.2, 0) is 90.0 Å². The molecular weight excluding hydrogens is 319 g/mol. The Morgan fingerprint density at radius 3 is 1.00 bits per heavy atom. The summed E-state index contributed by atoms with van der Waals surface area (Å²) >= 11 is 0. The molecule has 0 spiro atoms. The minimum atomic E-state index is 0. The van der Waals surface area contributed by atoms with E-state index in [9.17, 15) is 0 Å². The van der Waals surface area contributed by atoms with Crippen LogP contribution in [0.15, 0.2) is 0 Å². The normalized spacial score (nSPS) is 0. The van der Waals surface area contributed by atoms with Crippen LogP contribution in [0.25, 0.3) is 0 Å². The summed E-state index contributed by atoms with van der Waals surface area (Å²) in [6.07, 6.45) is 0. The van der Waals surface area contributed by atoms with Gasteiger partial charge in [0.05, 0.1) is 0 Å². The van der Waals surface area contributed by atoms with Gasteiger partial charge in [-0.2, -0.15) is 0 Å². The van der Waals surface area contributed by atoms with E-state index in [1.165, 1.54) is 0 Å². The summed E-state index contributed by atoms with van der Waals surface area (Å²) in [5.41, 5.74) is 0. The fraction of sp³-hybridized carbons (Fsp3) is 0.